The topological polar surface area (TPSA) is 323 Å². The molecule has 0 unspecified atom stereocenters. The number of allylic oxidation sites excluding steroid dienone is 1. The Kier molecular flexibility index (Phi) is 25.7. The molecule has 3 aromatic carbocycles. The van der Waals surface area contributed by atoms with Gasteiger partial charge in [0.15, 0.2) is 0 Å². The van der Waals surface area contributed by atoms with Crippen molar-refractivity contribution in [3.8, 4) is 16.3 Å². The normalized spacial score (nSPS) is 20.2. The molecule has 30 heteroatoms. The van der Waals surface area contributed by atoms with E-state index in [-0.39, 0.29) is 65.9 Å². The molecule has 5 aliphatic heterocycles. The third-order valence-corrected chi connectivity index (χ3v) is 25.4. The summed E-state index contributed by atoms with van der Waals surface area (Å²) in [7, 11) is -4.70. The van der Waals surface area contributed by atoms with Crippen molar-refractivity contribution in [2.45, 2.75) is 154 Å². The second-order valence-corrected chi connectivity index (χ2v) is 35.2. The van der Waals surface area contributed by atoms with Crippen molar-refractivity contribution >= 4 is 108 Å². The summed E-state index contributed by atoms with van der Waals surface area (Å²) in [4.78, 5) is 111. The molecular weight excluding hydrogens is 1490 g/mol. The van der Waals surface area contributed by atoms with Gasteiger partial charge in [0.25, 0.3) is 15.9 Å². The summed E-state index contributed by atoms with van der Waals surface area (Å²) in [6.07, 6.45) is 10.4. The first-order valence-electron chi connectivity index (χ1n) is 39.3. The molecule has 6 N–H and O–H groups in total. The number of carbonyl (C=O) groups excluding carboxylic acids is 5. The number of piperazine rings is 2. The van der Waals surface area contributed by atoms with Gasteiger partial charge >= 0.3 is 5.69 Å². The van der Waals surface area contributed by atoms with Crippen molar-refractivity contribution in [1.82, 2.24) is 54.9 Å². The largest absolute Gasteiger partial charge is 0.476 e. The van der Waals surface area contributed by atoms with E-state index in [9.17, 15) is 47.6 Å². The first-order chi connectivity index (χ1) is 53.7. The monoisotopic (exact) mass is 1590 g/mol. The number of sulfonamides is 1. The van der Waals surface area contributed by atoms with Gasteiger partial charge in [-0.1, -0.05) is 94.1 Å². The first kappa shape index (κ1) is 80.9. The molecule has 1 aliphatic carbocycles. The van der Waals surface area contributed by atoms with E-state index in [0.29, 0.717) is 113 Å². The average Bonchev–Trinajstić information content (AvgIpc) is 1.68. The number of unbranched alkanes of at least 4 members (excludes halogenated alkanes) is 3. The number of hydrogen-bond acceptors (Lipinski definition) is 21. The summed E-state index contributed by atoms with van der Waals surface area (Å²) in [5, 5.41) is 33.7. The maximum Gasteiger partial charge on any atom is 0.312 e. The molecule has 5 atom stereocenters. The van der Waals surface area contributed by atoms with Crippen LogP contribution >= 0.6 is 22.9 Å². The van der Waals surface area contributed by atoms with Gasteiger partial charge in [0.05, 0.1) is 57.2 Å². The number of β-amino-alcohol motifs (C(OH)–C–C–N with tert-alkyl or cyclic N) is 1. The molecule has 598 valence electrons. The second-order valence-electron chi connectivity index (χ2n) is 32.2. The standard InChI is InChI=1S/C82H104ClN15O12S2/c1-53(56-14-16-58(17-15-56)73-54(2)87-52-111-73)88-78(103)69-44-63(99)50-97(69)80(104)74(81(3,4)5)89-71(100)12-9-7-8-10-13-72(101)95-37-33-93(34-38-95)51-82(6)28-24-60(66(46-82)57-18-20-61(83)21-19-57)49-92-31-35-94(36-32-92)62-22-23-65(67(43-62)96-30-11-39-110-79-70(96)42-59-25-29-84-75(59)90-79)77(102)91-112(107,108)64-45-68(98(105)106)76(86-48-64)85-47-55-26-40-109-41-27-55/h14-23,25,29,42-43,45,48,52-53,55,63,69,74,99H,7-13,24,26-28,30-41,44,46-47,49-51H2,1-6H3,(H,84,90)(H,85,86)(H,88,103)(H,89,100)(H,91,102)/t53-,63+,69-,74+,82+/m0/s1. The van der Waals surface area contributed by atoms with E-state index in [1.807, 2.05) is 111 Å². The van der Waals surface area contributed by atoms with E-state index in [2.05, 4.69) is 69.4 Å². The van der Waals surface area contributed by atoms with Gasteiger partial charge in [-0.3, -0.25) is 43.9 Å². The number of anilines is 4. The highest BCUT2D eigenvalue weighted by Gasteiger charge is 2.45. The number of amides is 5. The lowest BCUT2D eigenvalue weighted by Gasteiger charge is -2.44. The van der Waals surface area contributed by atoms with Crippen molar-refractivity contribution in [2.75, 3.05) is 120 Å². The van der Waals surface area contributed by atoms with Crippen LogP contribution in [-0.4, -0.2) is 211 Å². The van der Waals surface area contributed by atoms with Gasteiger partial charge in [-0.2, -0.15) is 4.98 Å². The molecule has 9 heterocycles. The number of aromatic amines is 1. The molecule has 0 radical (unpaired) electrons. The number of halogens is 1. The lowest BCUT2D eigenvalue weighted by Crippen LogP contribution is -2.57. The molecule has 7 aromatic rings. The molecule has 6 aliphatic rings. The van der Waals surface area contributed by atoms with Gasteiger partial charge in [-0.05, 0) is 147 Å². The van der Waals surface area contributed by atoms with Crippen molar-refractivity contribution in [1.29, 1.82) is 0 Å². The molecule has 0 spiro atoms. The molecule has 13 rings (SSSR count). The summed E-state index contributed by atoms with van der Waals surface area (Å²) < 4.78 is 42.1. The summed E-state index contributed by atoms with van der Waals surface area (Å²) >= 11 is 8.08. The van der Waals surface area contributed by atoms with Crippen LogP contribution in [-0.2, 0) is 33.9 Å². The summed E-state index contributed by atoms with van der Waals surface area (Å²) in [5.74, 6) is -1.32. The van der Waals surface area contributed by atoms with Crippen molar-refractivity contribution in [3.63, 3.8) is 0 Å². The number of aromatic nitrogens is 4. The van der Waals surface area contributed by atoms with Crippen LogP contribution in [0, 0.1) is 33.8 Å². The van der Waals surface area contributed by atoms with E-state index in [0.717, 1.165) is 135 Å². The zero-order valence-electron chi connectivity index (χ0n) is 64.8. The molecule has 0 bridgehead atoms. The molecule has 27 nitrogen and oxygen atoms in total. The second kappa shape index (κ2) is 35.5. The number of aliphatic hydroxyl groups is 1. The lowest BCUT2D eigenvalue weighted by atomic mass is 9.70. The Morgan fingerprint density at radius 2 is 1.57 bits per heavy atom. The van der Waals surface area contributed by atoms with Gasteiger partial charge in [0, 0.05) is 146 Å². The number of thiazole rings is 1. The van der Waals surface area contributed by atoms with E-state index in [1.165, 1.54) is 16.0 Å². The van der Waals surface area contributed by atoms with Crippen molar-refractivity contribution in [2.24, 2.45) is 16.7 Å². The van der Waals surface area contributed by atoms with Gasteiger partial charge in [-0.25, -0.2) is 23.1 Å². The molecule has 5 amide bonds. The molecule has 4 saturated heterocycles. The lowest BCUT2D eigenvalue weighted by molar-refractivity contribution is -0.384. The fraction of sp³-hybridized carbons (Fsp3) is 0.512. The van der Waals surface area contributed by atoms with E-state index in [4.69, 9.17) is 26.1 Å². The molecule has 4 fully saturated rings. The minimum absolute atomic E-state index is 0.0126. The SMILES string of the molecule is Cc1ncsc1-c1ccc([C@H](C)NC(=O)[C@@H]2C[C@@H](O)CN2C(=O)[C@@H](NC(=O)CCCCCCC(=O)N2CCN(C[C@]3(C)CCC(CN4CCN(c5ccc(C(=O)NS(=O)(=O)c6cnc(NCC7CCOCC7)c([N+](=O)[O-])c6)c(N6CCCOc7nc8[nH]ccc8cc76)c5)CC4)=C(c4ccc(Cl)cc4)C3)CC2)C(C)(C)C)cc1. The van der Waals surface area contributed by atoms with Gasteiger partial charge in [0.2, 0.25) is 35.3 Å². The van der Waals surface area contributed by atoms with Crippen LogP contribution < -0.4 is 35.2 Å². The molecule has 112 heavy (non-hydrogen) atoms. The zero-order chi connectivity index (χ0) is 79.0. The Balaban J connectivity index is 0.585. The predicted octanol–water partition coefficient (Wildman–Crippen LogP) is 11.5. The number of carbonyl (C=O) groups is 5. The van der Waals surface area contributed by atoms with Crippen LogP contribution in [0.3, 0.4) is 0 Å². The van der Waals surface area contributed by atoms with Gasteiger partial charge < -0.3 is 55.1 Å². The van der Waals surface area contributed by atoms with Crippen molar-refractivity contribution in [3.05, 3.63) is 146 Å². The highest BCUT2D eigenvalue weighted by atomic mass is 35.5. The molecular formula is C82H104ClN15O12S2. The summed E-state index contributed by atoms with van der Waals surface area (Å²) in [6.45, 7) is 21.6. The average molecular weight is 1590 g/mol. The summed E-state index contributed by atoms with van der Waals surface area (Å²) in [6, 6.07) is 24.1. The quantitative estimate of drug-likeness (QED) is 0.0158. The smallest absolute Gasteiger partial charge is 0.312 e. The Labute approximate surface area is 663 Å². The number of rotatable bonds is 27. The first-order valence-corrected chi connectivity index (χ1v) is 42.1. The number of H-pyrrole nitrogens is 1. The number of nitrogens with one attached hydrogen (secondary N) is 5. The Morgan fingerprint density at radius 1 is 0.848 bits per heavy atom. The van der Waals surface area contributed by atoms with Crippen LogP contribution in [0.2, 0.25) is 5.02 Å². The predicted molar refractivity (Wildman–Crippen MR) is 433 cm³/mol. The van der Waals surface area contributed by atoms with Crippen LogP contribution in [0.4, 0.5) is 28.6 Å². The van der Waals surface area contributed by atoms with E-state index in [1.54, 1.807) is 23.6 Å². The number of hydrogen-bond donors (Lipinski definition) is 6. The Morgan fingerprint density at radius 3 is 2.29 bits per heavy atom. The fourth-order valence-corrected chi connectivity index (χ4v) is 18.3. The van der Waals surface area contributed by atoms with Gasteiger partial charge in [0.1, 0.15) is 28.3 Å². The minimum atomic E-state index is -4.70. The third-order valence-electron chi connectivity index (χ3n) is 22.9. The zero-order valence-corrected chi connectivity index (χ0v) is 67.2. The number of nitrogens with zero attached hydrogens (tertiary/aromatic N) is 10. The maximum absolute atomic E-state index is 14.6. The maximum atomic E-state index is 14.6. The van der Waals surface area contributed by atoms with Crippen LogP contribution in [0.5, 0.6) is 5.88 Å². The van der Waals surface area contributed by atoms with E-state index < -0.39 is 60.9 Å². The number of fused-ring (bicyclic) bond motifs is 2. The van der Waals surface area contributed by atoms with Crippen LogP contribution in [0.1, 0.15) is 151 Å². The number of aryl methyl sites for hydroxylation is 1. The summed E-state index contributed by atoms with van der Waals surface area (Å²) in [5.41, 5.74) is 9.94. The fourth-order valence-electron chi connectivity index (χ4n) is 16.4. The number of aliphatic hydroxyl groups excluding tert-OH is 1. The molecule has 0 saturated carbocycles. The highest BCUT2D eigenvalue weighted by molar-refractivity contribution is 7.90. The Hall–Kier alpha value is -9.10. The minimum Gasteiger partial charge on any atom is -0.476 e. The van der Waals surface area contributed by atoms with Crippen LogP contribution in [0.25, 0.3) is 27.0 Å². The van der Waals surface area contributed by atoms with Crippen LogP contribution in [0.15, 0.2) is 113 Å². The number of nitro groups is 1. The molecule has 4 aromatic heterocycles. The number of likely N-dealkylation sites (tertiary alicyclic amines) is 1. The number of benzene rings is 3. The highest BCUT2D eigenvalue weighted by Crippen LogP contribution is 2.46. The van der Waals surface area contributed by atoms with Gasteiger partial charge in [-0.15, -0.1) is 11.3 Å². The van der Waals surface area contributed by atoms with E-state index >= 15 is 0 Å². The Bertz CT molecular complexity index is 4700. The number of ether oxygens (including phenoxy) is 2. The number of pyridine rings is 2. The van der Waals surface area contributed by atoms with Crippen molar-refractivity contribution < 1.29 is 51.9 Å². The third kappa shape index (κ3) is 19.6.